The first kappa shape index (κ1) is 14.5. The predicted octanol–water partition coefficient (Wildman–Crippen LogP) is 4.82. The smallest absolute Gasteiger partial charge is 0.291 e. The van der Waals surface area contributed by atoms with Crippen molar-refractivity contribution in [1.29, 1.82) is 0 Å². The summed E-state index contributed by atoms with van der Waals surface area (Å²) in [6.45, 7) is 0. The van der Waals surface area contributed by atoms with Crippen molar-refractivity contribution in [2.45, 2.75) is 0 Å². The van der Waals surface area contributed by atoms with Crippen LogP contribution in [0.5, 0.6) is 0 Å². The molecule has 0 bridgehead atoms. The molecule has 126 valence electrons. The Hall–Kier alpha value is -3.80. The van der Waals surface area contributed by atoms with Gasteiger partial charge in [0.05, 0.1) is 11.8 Å². The molecule has 3 aromatic heterocycles. The van der Waals surface area contributed by atoms with Gasteiger partial charge in [-0.05, 0) is 42.5 Å². The molecule has 1 amide bonds. The number of anilines is 1. The minimum atomic E-state index is -0.303. The molecule has 3 heterocycles. The van der Waals surface area contributed by atoms with Crippen molar-refractivity contribution in [3.63, 3.8) is 0 Å². The van der Waals surface area contributed by atoms with Gasteiger partial charge in [-0.1, -0.05) is 18.2 Å². The van der Waals surface area contributed by atoms with E-state index in [2.05, 4.69) is 15.5 Å². The molecule has 0 spiro atoms. The molecule has 0 aliphatic rings. The second-order valence-corrected chi connectivity index (χ2v) is 5.91. The number of H-pyrrole nitrogens is 1. The fourth-order valence-electron chi connectivity index (χ4n) is 2.98. The van der Waals surface area contributed by atoms with Crippen molar-refractivity contribution in [2.75, 3.05) is 5.32 Å². The third-order valence-electron chi connectivity index (χ3n) is 4.22. The normalized spacial score (nSPS) is 11.2. The number of aromatic amines is 1. The van der Waals surface area contributed by atoms with Crippen molar-refractivity contribution < 1.29 is 13.6 Å². The van der Waals surface area contributed by atoms with Gasteiger partial charge in [0.1, 0.15) is 11.3 Å². The van der Waals surface area contributed by atoms with Crippen LogP contribution in [0, 0.1) is 0 Å². The number of hydrogen-bond donors (Lipinski definition) is 2. The number of amides is 1. The second-order valence-electron chi connectivity index (χ2n) is 5.91. The molecule has 0 saturated heterocycles. The number of carbonyl (C=O) groups is 1. The topological polar surface area (TPSA) is 84.1 Å². The summed E-state index contributed by atoms with van der Waals surface area (Å²) in [5.74, 6) is 0.630. The molecule has 0 aliphatic heterocycles. The van der Waals surface area contributed by atoms with E-state index in [0.29, 0.717) is 17.1 Å². The standard InChI is InChI=1S/C20H13N3O3/c24-20(17-6-3-9-25-17)21-13-7-8-15-14(11-13)19(23-22-15)18-10-12-4-1-2-5-16(12)26-18/h1-11H,(H,21,24)(H,22,23). The zero-order chi connectivity index (χ0) is 17.5. The van der Waals surface area contributed by atoms with Crippen LogP contribution >= 0.6 is 0 Å². The van der Waals surface area contributed by atoms with Crippen molar-refractivity contribution in [2.24, 2.45) is 0 Å². The number of aromatic nitrogens is 2. The number of nitrogens with one attached hydrogen (secondary N) is 2. The first-order valence-corrected chi connectivity index (χ1v) is 8.10. The van der Waals surface area contributed by atoms with Gasteiger partial charge in [0.25, 0.3) is 5.91 Å². The van der Waals surface area contributed by atoms with Gasteiger partial charge in [-0.3, -0.25) is 9.89 Å². The van der Waals surface area contributed by atoms with Crippen LogP contribution < -0.4 is 5.32 Å². The lowest BCUT2D eigenvalue weighted by Gasteiger charge is -2.03. The maximum absolute atomic E-state index is 12.2. The average molecular weight is 343 g/mol. The summed E-state index contributed by atoms with van der Waals surface area (Å²) in [6, 6.07) is 18.6. The Labute approximate surface area is 147 Å². The third-order valence-corrected chi connectivity index (χ3v) is 4.22. The van der Waals surface area contributed by atoms with E-state index in [0.717, 1.165) is 21.9 Å². The maximum atomic E-state index is 12.2. The lowest BCUT2D eigenvalue weighted by molar-refractivity contribution is 0.0996. The summed E-state index contributed by atoms with van der Waals surface area (Å²) in [6.07, 6.45) is 1.47. The Morgan fingerprint density at radius 3 is 2.81 bits per heavy atom. The summed E-state index contributed by atoms with van der Waals surface area (Å²) in [7, 11) is 0. The van der Waals surface area contributed by atoms with Crippen LogP contribution in [0.4, 0.5) is 5.69 Å². The van der Waals surface area contributed by atoms with Crippen molar-refractivity contribution in [3.05, 3.63) is 72.7 Å². The molecular weight excluding hydrogens is 330 g/mol. The van der Waals surface area contributed by atoms with Crippen LogP contribution in [0.3, 0.4) is 0 Å². The molecule has 0 radical (unpaired) electrons. The van der Waals surface area contributed by atoms with Crippen molar-refractivity contribution in [3.8, 4) is 11.5 Å². The van der Waals surface area contributed by atoms with E-state index in [4.69, 9.17) is 8.83 Å². The number of nitrogens with zero attached hydrogens (tertiary/aromatic N) is 1. The summed E-state index contributed by atoms with van der Waals surface area (Å²) in [5.41, 5.74) is 3.01. The van der Waals surface area contributed by atoms with Crippen LogP contribution in [0.1, 0.15) is 10.6 Å². The Balaban J connectivity index is 1.55. The SMILES string of the molecule is O=C(Nc1ccc2[nH]nc(-c3cc4ccccc4o3)c2c1)c1ccco1. The minimum Gasteiger partial charge on any atom is -0.459 e. The predicted molar refractivity (Wildman–Crippen MR) is 98.0 cm³/mol. The second kappa shape index (κ2) is 5.63. The largest absolute Gasteiger partial charge is 0.459 e. The van der Waals surface area contributed by atoms with Gasteiger partial charge < -0.3 is 14.2 Å². The van der Waals surface area contributed by atoms with Gasteiger partial charge in [0, 0.05) is 16.5 Å². The van der Waals surface area contributed by atoms with E-state index in [1.165, 1.54) is 6.26 Å². The van der Waals surface area contributed by atoms with E-state index in [1.54, 1.807) is 12.1 Å². The van der Waals surface area contributed by atoms with Crippen LogP contribution in [-0.4, -0.2) is 16.1 Å². The van der Waals surface area contributed by atoms with Crippen LogP contribution in [-0.2, 0) is 0 Å². The lowest BCUT2D eigenvalue weighted by Crippen LogP contribution is -2.10. The summed E-state index contributed by atoms with van der Waals surface area (Å²) in [4.78, 5) is 12.2. The van der Waals surface area contributed by atoms with E-state index >= 15 is 0 Å². The van der Waals surface area contributed by atoms with Crippen LogP contribution in [0.2, 0.25) is 0 Å². The zero-order valence-corrected chi connectivity index (χ0v) is 13.5. The first-order valence-electron chi connectivity index (χ1n) is 8.10. The van der Waals surface area contributed by atoms with Gasteiger partial charge in [-0.25, -0.2) is 0 Å². The van der Waals surface area contributed by atoms with Crippen molar-refractivity contribution in [1.82, 2.24) is 10.2 Å². The van der Waals surface area contributed by atoms with E-state index in [9.17, 15) is 4.79 Å². The first-order chi connectivity index (χ1) is 12.8. The Kier molecular flexibility index (Phi) is 3.15. The highest BCUT2D eigenvalue weighted by Crippen LogP contribution is 2.32. The highest BCUT2D eigenvalue weighted by Gasteiger charge is 2.15. The summed E-state index contributed by atoms with van der Waals surface area (Å²) in [5, 5.41) is 12.1. The van der Waals surface area contributed by atoms with E-state index in [1.807, 2.05) is 48.5 Å². The number of benzene rings is 2. The number of fused-ring (bicyclic) bond motifs is 2. The zero-order valence-electron chi connectivity index (χ0n) is 13.5. The monoisotopic (exact) mass is 343 g/mol. The maximum Gasteiger partial charge on any atom is 0.291 e. The summed E-state index contributed by atoms with van der Waals surface area (Å²) < 4.78 is 11.0. The molecule has 0 unspecified atom stereocenters. The molecule has 6 heteroatoms. The Bertz CT molecular complexity index is 1200. The molecule has 26 heavy (non-hydrogen) atoms. The molecular formula is C20H13N3O3. The minimum absolute atomic E-state index is 0.259. The number of rotatable bonds is 3. The van der Waals surface area contributed by atoms with Gasteiger partial charge in [0.2, 0.25) is 0 Å². The van der Waals surface area contributed by atoms with Gasteiger partial charge in [-0.15, -0.1) is 0 Å². The van der Waals surface area contributed by atoms with Crippen LogP contribution in [0.25, 0.3) is 33.3 Å². The lowest BCUT2D eigenvalue weighted by atomic mass is 10.1. The average Bonchev–Trinajstić information content (AvgIpc) is 3.39. The highest BCUT2D eigenvalue weighted by molar-refractivity contribution is 6.04. The molecule has 0 aliphatic carbocycles. The quantitative estimate of drug-likeness (QED) is 0.492. The van der Waals surface area contributed by atoms with Crippen molar-refractivity contribution >= 4 is 33.5 Å². The van der Waals surface area contributed by atoms with Gasteiger partial charge in [0.15, 0.2) is 11.5 Å². The number of furan rings is 2. The Morgan fingerprint density at radius 1 is 1.04 bits per heavy atom. The number of hydrogen-bond acceptors (Lipinski definition) is 4. The molecule has 5 rings (SSSR count). The highest BCUT2D eigenvalue weighted by atomic mass is 16.3. The summed E-state index contributed by atoms with van der Waals surface area (Å²) >= 11 is 0. The van der Waals surface area contributed by atoms with Crippen LogP contribution in [0.15, 0.2) is 75.8 Å². The third kappa shape index (κ3) is 2.36. The molecule has 0 fully saturated rings. The fraction of sp³-hybridized carbons (Fsp3) is 0. The number of para-hydroxylation sites is 1. The molecule has 6 nitrogen and oxygen atoms in total. The van der Waals surface area contributed by atoms with Gasteiger partial charge in [-0.2, -0.15) is 5.10 Å². The molecule has 5 aromatic rings. The number of carbonyl (C=O) groups excluding carboxylic acids is 1. The molecule has 2 N–H and O–H groups in total. The van der Waals surface area contributed by atoms with E-state index < -0.39 is 0 Å². The van der Waals surface area contributed by atoms with Gasteiger partial charge >= 0.3 is 0 Å². The molecule has 0 saturated carbocycles. The fourth-order valence-corrected chi connectivity index (χ4v) is 2.98. The Morgan fingerprint density at radius 2 is 1.96 bits per heavy atom. The molecule has 2 aromatic carbocycles. The molecule has 0 atom stereocenters. The van der Waals surface area contributed by atoms with E-state index in [-0.39, 0.29) is 11.7 Å².